The van der Waals surface area contributed by atoms with Crippen molar-refractivity contribution in [1.82, 2.24) is 25.5 Å². The average Bonchev–Trinajstić information content (AvgIpc) is 3.61. The van der Waals surface area contributed by atoms with Crippen LogP contribution < -0.4 is 27.4 Å². The minimum Gasteiger partial charge on any atom is -0.371 e. The van der Waals surface area contributed by atoms with Crippen molar-refractivity contribution < 1.29 is 18.8 Å². The van der Waals surface area contributed by atoms with Crippen LogP contribution in [0.2, 0.25) is 0 Å². The van der Waals surface area contributed by atoms with Crippen LogP contribution in [0.1, 0.15) is 60.9 Å². The molecule has 0 saturated heterocycles. The van der Waals surface area contributed by atoms with Gasteiger partial charge in [0.15, 0.2) is 0 Å². The molecule has 2 aliphatic rings. The molecule has 8 N–H and O–H groups in total. The Kier molecular flexibility index (Phi) is 13.7. The van der Waals surface area contributed by atoms with Crippen molar-refractivity contribution in [1.29, 1.82) is 0 Å². The SMILES string of the molecule is CN1C(=O)C(CCCCN)NC(=O)C(CCCN)Nc2cccnc2Sc2c(F)ccc(-c3ccc(S)cc3)c2CNC(=O)C1Cc1c[nH]c2c1CCC=C2. The van der Waals surface area contributed by atoms with Crippen LogP contribution in [0.5, 0.6) is 0 Å². The van der Waals surface area contributed by atoms with Crippen LogP contribution in [0.15, 0.2) is 81.8 Å². The lowest BCUT2D eigenvalue weighted by molar-refractivity contribution is -0.142. The van der Waals surface area contributed by atoms with E-state index in [1.165, 1.54) is 11.0 Å². The van der Waals surface area contributed by atoms with Crippen molar-refractivity contribution in [2.75, 3.05) is 25.5 Å². The summed E-state index contributed by atoms with van der Waals surface area (Å²) < 4.78 is 16.2. The number of fused-ring (bicyclic) bond motifs is 3. The van der Waals surface area contributed by atoms with Gasteiger partial charge in [0.05, 0.1) is 10.6 Å². The monoisotopic (exact) mass is 784 g/mol. The smallest absolute Gasteiger partial charge is 0.245 e. The fourth-order valence-corrected chi connectivity index (χ4v) is 8.31. The molecule has 0 bridgehead atoms. The number of H-pyrrole nitrogens is 1. The predicted octanol–water partition coefficient (Wildman–Crippen LogP) is 5.45. The highest BCUT2D eigenvalue weighted by Gasteiger charge is 2.35. The van der Waals surface area contributed by atoms with Gasteiger partial charge in [0.1, 0.15) is 29.0 Å². The van der Waals surface area contributed by atoms with Gasteiger partial charge in [0, 0.05) is 43.0 Å². The highest BCUT2D eigenvalue weighted by atomic mass is 32.2. The van der Waals surface area contributed by atoms with E-state index in [4.69, 9.17) is 11.5 Å². The van der Waals surface area contributed by atoms with Gasteiger partial charge in [-0.2, -0.15) is 0 Å². The number of nitrogens with two attached hydrogens (primary N) is 2. The lowest BCUT2D eigenvalue weighted by Gasteiger charge is -2.32. The largest absolute Gasteiger partial charge is 0.371 e. The number of likely N-dealkylation sites (N-methyl/N-ethyl adjacent to an activating group) is 1. The number of halogens is 1. The fourth-order valence-electron chi connectivity index (χ4n) is 7.15. The average molecular weight is 785 g/mol. The van der Waals surface area contributed by atoms with Crippen LogP contribution in [0.3, 0.4) is 0 Å². The van der Waals surface area contributed by atoms with E-state index in [0.29, 0.717) is 61.5 Å². The Morgan fingerprint density at radius 3 is 2.51 bits per heavy atom. The Morgan fingerprint density at radius 1 is 0.945 bits per heavy atom. The summed E-state index contributed by atoms with van der Waals surface area (Å²) in [5, 5.41) is 9.89. The van der Waals surface area contributed by atoms with Gasteiger partial charge in [-0.3, -0.25) is 14.4 Å². The number of carbonyl (C=O) groups excluding carboxylic acids is 3. The summed E-state index contributed by atoms with van der Waals surface area (Å²) in [6.07, 6.45) is 12.0. The second kappa shape index (κ2) is 18.8. The summed E-state index contributed by atoms with van der Waals surface area (Å²) in [6.45, 7) is 0.759. The molecular formula is C41H49FN8O3S2. The van der Waals surface area contributed by atoms with Crippen LogP contribution in [-0.4, -0.2) is 70.9 Å². The molecule has 14 heteroatoms. The molecule has 6 rings (SSSR count). The second-order valence-corrected chi connectivity index (χ2v) is 15.4. The predicted molar refractivity (Wildman–Crippen MR) is 218 cm³/mol. The lowest BCUT2D eigenvalue weighted by Crippen LogP contribution is -2.56. The Morgan fingerprint density at radius 2 is 1.73 bits per heavy atom. The van der Waals surface area contributed by atoms with Gasteiger partial charge in [0.2, 0.25) is 17.7 Å². The van der Waals surface area contributed by atoms with E-state index in [1.807, 2.05) is 36.5 Å². The third-order valence-corrected chi connectivity index (χ3v) is 11.7. The minimum absolute atomic E-state index is 0.0330. The maximum atomic E-state index is 16.2. The van der Waals surface area contributed by atoms with Gasteiger partial charge in [-0.25, -0.2) is 9.37 Å². The number of carbonyl (C=O) groups is 3. The first kappa shape index (κ1) is 40.0. The third kappa shape index (κ3) is 9.61. The molecule has 1 aliphatic carbocycles. The molecule has 0 saturated carbocycles. The van der Waals surface area contributed by atoms with E-state index in [1.54, 1.807) is 31.4 Å². The molecule has 0 spiro atoms. The number of rotatable bonds is 10. The van der Waals surface area contributed by atoms with E-state index in [0.717, 1.165) is 57.4 Å². The molecular weight excluding hydrogens is 736 g/mol. The zero-order chi connectivity index (χ0) is 38.9. The molecule has 3 heterocycles. The normalized spacial score (nSPS) is 19.2. The van der Waals surface area contributed by atoms with E-state index in [2.05, 4.69) is 44.6 Å². The van der Waals surface area contributed by atoms with Crippen LogP contribution >= 0.6 is 24.4 Å². The van der Waals surface area contributed by atoms with Gasteiger partial charge >= 0.3 is 0 Å². The van der Waals surface area contributed by atoms with Crippen LogP contribution in [0.25, 0.3) is 17.2 Å². The van der Waals surface area contributed by atoms with Crippen LogP contribution in [0.4, 0.5) is 10.1 Å². The van der Waals surface area contributed by atoms with Crippen molar-refractivity contribution >= 4 is 53.9 Å². The first-order valence-corrected chi connectivity index (χ1v) is 20.1. The highest BCUT2D eigenvalue weighted by molar-refractivity contribution is 7.99. The standard InChI is InChI=1S/C41H49FN8O3S2/c1-50-36(22-26-23-46-32-9-3-2-8-29(26)32)39(52)47-24-30-28(25-13-15-27(54)16-14-25)17-18-31(42)37(30)55-40-34(12-7-21-45-40)48-33(11-6-20-44)38(51)49-35(41(50)53)10-4-5-19-43/h3,7,9,12-18,21,23,33,35-36,46,48,54H,2,4-6,8,10-11,19-20,22,24,43-44H2,1H3,(H,47,52)(H,49,51). The summed E-state index contributed by atoms with van der Waals surface area (Å²) in [4.78, 5) is 53.7. The van der Waals surface area contributed by atoms with Crippen LogP contribution in [-0.2, 0) is 33.8 Å². The van der Waals surface area contributed by atoms with Gasteiger partial charge in [0.25, 0.3) is 0 Å². The Labute approximate surface area is 331 Å². The van der Waals surface area contributed by atoms with Crippen molar-refractivity contribution in [3.63, 3.8) is 0 Å². The number of nitrogens with one attached hydrogen (secondary N) is 4. The lowest BCUT2D eigenvalue weighted by atomic mass is 9.95. The second-order valence-electron chi connectivity index (χ2n) is 13.9. The summed E-state index contributed by atoms with van der Waals surface area (Å²) >= 11 is 5.58. The number of aromatic amines is 1. The number of aromatic nitrogens is 2. The molecule has 3 unspecified atom stereocenters. The maximum absolute atomic E-state index is 16.2. The van der Waals surface area contributed by atoms with E-state index >= 15 is 4.39 Å². The number of amides is 3. The van der Waals surface area contributed by atoms with Crippen molar-refractivity contribution in [3.05, 3.63) is 95.2 Å². The highest BCUT2D eigenvalue weighted by Crippen LogP contribution is 2.40. The summed E-state index contributed by atoms with van der Waals surface area (Å²) in [7, 11) is 1.61. The van der Waals surface area contributed by atoms with Crippen molar-refractivity contribution in [2.24, 2.45) is 11.5 Å². The minimum atomic E-state index is -0.953. The number of thiol groups is 1. The quantitative estimate of drug-likeness (QED) is 0.0823. The van der Waals surface area contributed by atoms with Gasteiger partial charge in [-0.1, -0.05) is 36.0 Å². The van der Waals surface area contributed by atoms with E-state index in [9.17, 15) is 14.4 Å². The Hall–Kier alpha value is -4.63. The van der Waals surface area contributed by atoms with Crippen molar-refractivity contribution in [2.45, 2.75) is 90.9 Å². The zero-order valence-electron chi connectivity index (χ0n) is 30.9. The summed E-state index contributed by atoms with van der Waals surface area (Å²) in [6, 6.07) is 11.5. The fraction of sp³-hybridized carbons (Fsp3) is 0.366. The molecule has 4 aromatic rings. The molecule has 1 aliphatic heterocycles. The molecule has 2 aromatic carbocycles. The third-order valence-electron chi connectivity index (χ3n) is 10.2. The first-order valence-electron chi connectivity index (χ1n) is 18.8. The molecule has 3 atom stereocenters. The van der Waals surface area contributed by atoms with Crippen molar-refractivity contribution in [3.8, 4) is 11.1 Å². The number of hydrogen-bond donors (Lipinski definition) is 7. The van der Waals surface area contributed by atoms with E-state index in [-0.39, 0.29) is 17.9 Å². The number of hydrogen-bond acceptors (Lipinski definition) is 9. The molecule has 55 heavy (non-hydrogen) atoms. The van der Waals surface area contributed by atoms with E-state index < -0.39 is 41.7 Å². The van der Waals surface area contributed by atoms with Gasteiger partial charge < -0.3 is 37.3 Å². The number of pyridine rings is 1. The number of benzene rings is 2. The summed E-state index contributed by atoms with van der Waals surface area (Å²) in [5.74, 6) is -1.69. The Bertz CT molecular complexity index is 2020. The maximum Gasteiger partial charge on any atom is 0.245 e. The number of allylic oxidation sites excluding steroid dienone is 1. The molecule has 290 valence electrons. The zero-order valence-corrected chi connectivity index (χ0v) is 32.7. The number of nitrogens with zero attached hydrogens (tertiary/aromatic N) is 2. The van der Waals surface area contributed by atoms with Gasteiger partial charge in [-0.15, -0.1) is 12.6 Å². The Balaban J connectivity index is 1.47. The molecule has 3 amide bonds. The summed E-state index contributed by atoms with van der Waals surface area (Å²) in [5.41, 5.74) is 17.3. The molecule has 0 fully saturated rings. The van der Waals surface area contributed by atoms with Gasteiger partial charge in [-0.05, 0) is 122 Å². The molecule has 2 aromatic heterocycles. The first-order chi connectivity index (χ1) is 26.7. The van der Waals surface area contributed by atoms with Crippen LogP contribution in [0, 0.1) is 5.82 Å². The molecule has 11 nitrogen and oxygen atoms in total. The molecule has 0 radical (unpaired) electrons. The number of anilines is 1. The topological polar surface area (TPSA) is 171 Å². The number of unbranched alkanes of at least 4 members (excludes halogenated alkanes) is 1.